The highest BCUT2D eigenvalue weighted by Crippen LogP contribution is 2.26. The molecule has 1 atom stereocenters. The van der Waals surface area contributed by atoms with Crippen molar-refractivity contribution in [2.45, 2.75) is 25.3 Å². The standard InChI is InChI=1S/C19H27N3O2/c23-19(22-10-4-9-20-8-3-5-16(20)15-22)17-6-1-2-7-18(17)21-11-13-24-14-12-21/h1-2,6-7,16H,3-5,8-15H2. The summed E-state index contributed by atoms with van der Waals surface area (Å²) >= 11 is 0. The number of nitrogens with zero attached hydrogens (tertiary/aromatic N) is 3. The van der Waals surface area contributed by atoms with Gasteiger partial charge in [-0.1, -0.05) is 12.1 Å². The summed E-state index contributed by atoms with van der Waals surface area (Å²) in [6.45, 7) is 7.31. The molecule has 0 N–H and O–H groups in total. The van der Waals surface area contributed by atoms with E-state index in [0.29, 0.717) is 6.04 Å². The summed E-state index contributed by atoms with van der Waals surface area (Å²) in [6.07, 6.45) is 3.59. The maximum atomic E-state index is 13.3. The van der Waals surface area contributed by atoms with Crippen LogP contribution in [0.25, 0.3) is 0 Å². The predicted molar refractivity (Wildman–Crippen MR) is 94.6 cm³/mol. The summed E-state index contributed by atoms with van der Waals surface area (Å²) in [6, 6.07) is 8.65. The van der Waals surface area contributed by atoms with Gasteiger partial charge < -0.3 is 14.5 Å². The van der Waals surface area contributed by atoms with E-state index in [9.17, 15) is 4.79 Å². The second-order valence-electron chi connectivity index (χ2n) is 7.05. The van der Waals surface area contributed by atoms with Crippen molar-refractivity contribution < 1.29 is 9.53 Å². The molecule has 0 aromatic heterocycles. The summed E-state index contributed by atoms with van der Waals surface area (Å²) < 4.78 is 5.46. The molecule has 0 bridgehead atoms. The van der Waals surface area contributed by atoms with Gasteiger partial charge in [-0.05, 0) is 37.9 Å². The maximum absolute atomic E-state index is 13.3. The molecule has 3 fully saturated rings. The molecular weight excluding hydrogens is 302 g/mol. The van der Waals surface area contributed by atoms with Crippen LogP contribution < -0.4 is 4.90 Å². The molecule has 3 saturated heterocycles. The molecule has 24 heavy (non-hydrogen) atoms. The van der Waals surface area contributed by atoms with Crippen molar-refractivity contribution in [1.82, 2.24) is 9.80 Å². The third-order valence-corrected chi connectivity index (χ3v) is 5.58. The first-order valence-electron chi connectivity index (χ1n) is 9.28. The van der Waals surface area contributed by atoms with Gasteiger partial charge in [0.2, 0.25) is 0 Å². The average molecular weight is 329 g/mol. The number of carbonyl (C=O) groups is 1. The lowest BCUT2D eigenvalue weighted by atomic mass is 10.1. The fourth-order valence-electron chi connectivity index (χ4n) is 4.30. The van der Waals surface area contributed by atoms with E-state index in [0.717, 1.165) is 63.6 Å². The van der Waals surface area contributed by atoms with Crippen LogP contribution in [0.15, 0.2) is 24.3 Å². The van der Waals surface area contributed by atoms with Gasteiger partial charge in [-0.2, -0.15) is 0 Å². The highest BCUT2D eigenvalue weighted by Gasteiger charge is 2.31. The van der Waals surface area contributed by atoms with Gasteiger partial charge in [-0.3, -0.25) is 9.69 Å². The Bertz CT molecular complexity index is 586. The summed E-state index contributed by atoms with van der Waals surface area (Å²) in [5, 5.41) is 0. The number of hydrogen-bond acceptors (Lipinski definition) is 4. The zero-order chi connectivity index (χ0) is 16.4. The van der Waals surface area contributed by atoms with E-state index in [2.05, 4.69) is 20.8 Å². The summed E-state index contributed by atoms with van der Waals surface area (Å²) in [7, 11) is 0. The molecule has 130 valence electrons. The van der Waals surface area contributed by atoms with Crippen LogP contribution in [0.1, 0.15) is 29.6 Å². The zero-order valence-electron chi connectivity index (χ0n) is 14.3. The Balaban J connectivity index is 1.55. The first-order valence-corrected chi connectivity index (χ1v) is 9.28. The van der Waals surface area contributed by atoms with Crippen LogP contribution in [0.3, 0.4) is 0 Å². The topological polar surface area (TPSA) is 36.0 Å². The molecule has 0 aliphatic carbocycles. The van der Waals surface area contributed by atoms with Crippen LogP contribution in [0.2, 0.25) is 0 Å². The SMILES string of the molecule is O=C(c1ccccc1N1CCOCC1)N1CCCN2CCCC2C1. The van der Waals surface area contributed by atoms with Crippen molar-refractivity contribution in [3.8, 4) is 0 Å². The van der Waals surface area contributed by atoms with Crippen molar-refractivity contribution in [3.63, 3.8) is 0 Å². The predicted octanol–water partition coefficient (Wildman–Crippen LogP) is 1.83. The normalized spacial score (nSPS) is 25.4. The van der Waals surface area contributed by atoms with Crippen LogP contribution in [-0.4, -0.2) is 74.2 Å². The minimum Gasteiger partial charge on any atom is -0.378 e. The number of benzene rings is 1. The molecule has 0 saturated carbocycles. The fourth-order valence-corrected chi connectivity index (χ4v) is 4.30. The van der Waals surface area contributed by atoms with Gasteiger partial charge in [0.05, 0.1) is 18.8 Å². The van der Waals surface area contributed by atoms with Crippen LogP contribution in [0.4, 0.5) is 5.69 Å². The Labute approximate surface area is 144 Å². The van der Waals surface area contributed by atoms with Crippen LogP contribution in [0, 0.1) is 0 Å². The molecule has 1 amide bonds. The Morgan fingerprint density at radius 3 is 2.67 bits per heavy atom. The van der Waals surface area contributed by atoms with Crippen LogP contribution in [-0.2, 0) is 4.74 Å². The minimum atomic E-state index is 0.200. The number of rotatable bonds is 2. The molecule has 1 aromatic rings. The molecule has 0 radical (unpaired) electrons. The highest BCUT2D eigenvalue weighted by molar-refractivity contribution is 6.00. The summed E-state index contributed by atoms with van der Waals surface area (Å²) in [4.78, 5) is 20.2. The first-order chi connectivity index (χ1) is 11.8. The number of hydrogen-bond donors (Lipinski definition) is 0. The second kappa shape index (κ2) is 7.11. The second-order valence-corrected chi connectivity index (χ2v) is 7.05. The van der Waals surface area contributed by atoms with E-state index < -0.39 is 0 Å². The molecule has 3 aliphatic heterocycles. The third kappa shape index (κ3) is 3.15. The molecule has 1 unspecified atom stereocenters. The number of fused-ring (bicyclic) bond motifs is 1. The van der Waals surface area contributed by atoms with E-state index in [1.165, 1.54) is 19.4 Å². The molecule has 0 spiro atoms. The number of morpholine rings is 1. The Hall–Kier alpha value is -1.59. The molecule has 5 nitrogen and oxygen atoms in total. The Kier molecular flexibility index (Phi) is 4.72. The number of para-hydroxylation sites is 1. The quantitative estimate of drug-likeness (QED) is 0.829. The van der Waals surface area contributed by atoms with Gasteiger partial charge in [0, 0.05) is 44.5 Å². The smallest absolute Gasteiger partial charge is 0.256 e. The number of ether oxygens (including phenoxy) is 1. The van der Waals surface area contributed by atoms with E-state index in [4.69, 9.17) is 4.74 Å². The Morgan fingerprint density at radius 1 is 1.00 bits per heavy atom. The fraction of sp³-hybridized carbons (Fsp3) is 0.632. The van der Waals surface area contributed by atoms with Gasteiger partial charge in [0.1, 0.15) is 0 Å². The molecule has 5 heteroatoms. The number of anilines is 1. The maximum Gasteiger partial charge on any atom is 0.256 e. The number of carbonyl (C=O) groups excluding carboxylic acids is 1. The van der Waals surface area contributed by atoms with E-state index in [-0.39, 0.29) is 5.91 Å². The lowest BCUT2D eigenvalue weighted by molar-refractivity contribution is 0.0743. The average Bonchev–Trinajstić information content (AvgIpc) is 2.98. The molecule has 3 aliphatic rings. The van der Waals surface area contributed by atoms with E-state index in [1.54, 1.807) is 0 Å². The lowest BCUT2D eigenvalue weighted by Crippen LogP contribution is -2.41. The monoisotopic (exact) mass is 329 g/mol. The highest BCUT2D eigenvalue weighted by atomic mass is 16.5. The first kappa shape index (κ1) is 15.9. The van der Waals surface area contributed by atoms with Crippen molar-refractivity contribution in [1.29, 1.82) is 0 Å². The van der Waals surface area contributed by atoms with Gasteiger partial charge in [0.15, 0.2) is 0 Å². The van der Waals surface area contributed by atoms with Crippen molar-refractivity contribution in [2.75, 3.05) is 57.4 Å². The van der Waals surface area contributed by atoms with Gasteiger partial charge in [-0.15, -0.1) is 0 Å². The van der Waals surface area contributed by atoms with Crippen LogP contribution in [0.5, 0.6) is 0 Å². The molecule has 3 heterocycles. The van der Waals surface area contributed by atoms with E-state index in [1.807, 2.05) is 18.2 Å². The van der Waals surface area contributed by atoms with Gasteiger partial charge in [0.25, 0.3) is 5.91 Å². The summed E-state index contributed by atoms with van der Waals surface area (Å²) in [5.74, 6) is 0.200. The van der Waals surface area contributed by atoms with Crippen LogP contribution >= 0.6 is 0 Å². The molecular formula is C19H27N3O2. The van der Waals surface area contributed by atoms with E-state index >= 15 is 0 Å². The third-order valence-electron chi connectivity index (χ3n) is 5.58. The zero-order valence-corrected chi connectivity index (χ0v) is 14.3. The van der Waals surface area contributed by atoms with Crippen molar-refractivity contribution >= 4 is 11.6 Å². The summed E-state index contributed by atoms with van der Waals surface area (Å²) in [5.41, 5.74) is 1.92. The number of amides is 1. The Morgan fingerprint density at radius 2 is 1.79 bits per heavy atom. The molecule has 4 rings (SSSR count). The van der Waals surface area contributed by atoms with Gasteiger partial charge >= 0.3 is 0 Å². The van der Waals surface area contributed by atoms with Crippen molar-refractivity contribution in [2.24, 2.45) is 0 Å². The lowest BCUT2D eigenvalue weighted by Gasteiger charge is -2.32. The van der Waals surface area contributed by atoms with Crippen molar-refractivity contribution in [3.05, 3.63) is 29.8 Å². The molecule has 1 aromatic carbocycles. The minimum absolute atomic E-state index is 0.200. The van der Waals surface area contributed by atoms with Gasteiger partial charge in [-0.25, -0.2) is 0 Å². The largest absolute Gasteiger partial charge is 0.378 e.